The molecule has 0 saturated heterocycles. The van der Waals surface area contributed by atoms with Gasteiger partial charge in [0.1, 0.15) is 6.61 Å². The van der Waals surface area contributed by atoms with E-state index in [0.29, 0.717) is 17.4 Å². The van der Waals surface area contributed by atoms with Crippen LogP contribution in [0.1, 0.15) is 5.56 Å². The first kappa shape index (κ1) is 6.01. The van der Waals surface area contributed by atoms with E-state index in [1.54, 1.807) is 12.1 Å². The van der Waals surface area contributed by atoms with Crippen LogP contribution in [0, 0.1) is 6.07 Å². The second-order valence-electron chi connectivity index (χ2n) is 2.02. The fourth-order valence-corrected chi connectivity index (χ4v) is 0.977. The highest BCUT2D eigenvalue weighted by Crippen LogP contribution is 2.28. The number of fused-ring (bicyclic) bond motifs is 1. The van der Waals surface area contributed by atoms with Gasteiger partial charge in [0.05, 0.1) is 5.02 Å². The van der Waals surface area contributed by atoms with Gasteiger partial charge in [0, 0.05) is 17.7 Å². The maximum atomic E-state index is 5.63. The molecule has 0 bridgehead atoms. The van der Waals surface area contributed by atoms with Crippen molar-refractivity contribution in [3.8, 4) is 5.75 Å². The van der Waals surface area contributed by atoms with Gasteiger partial charge in [-0.1, -0.05) is 11.6 Å². The molecule has 2 nitrogen and oxygen atoms in total. The van der Waals surface area contributed by atoms with Gasteiger partial charge in [0.25, 0.3) is 0 Å². The lowest BCUT2D eigenvalue weighted by atomic mass is 10.2. The zero-order chi connectivity index (χ0) is 6.97. The molecular formula is C7H4ClO2. The third kappa shape index (κ3) is 0.856. The van der Waals surface area contributed by atoms with Crippen molar-refractivity contribution in [3.05, 3.63) is 28.8 Å². The van der Waals surface area contributed by atoms with Crippen molar-refractivity contribution in [1.29, 1.82) is 0 Å². The number of halogens is 1. The fourth-order valence-electron chi connectivity index (χ4n) is 0.823. The number of rotatable bonds is 0. The third-order valence-electron chi connectivity index (χ3n) is 1.32. The van der Waals surface area contributed by atoms with E-state index in [-0.39, 0.29) is 0 Å². The zero-order valence-electron chi connectivity index (χ0n) is 5.06. The summed E-state index contributed by atoms with van der Waals surface area (Å²) in [5.41, 5.74) is 0.990. The van der Waals surface area contributed by atoms with Gasteiger partial charge in [-0.05, 0) is 6.07 Å². The minimum atomic E-state index is 0.489. The minimum absolute atomic E-state index is 0.489. The number of benzene rings is 1. The zero-order valence-corrected chi connectivity index (χ0v) is 5.81. The number of hydrogen-bond acceptors (Lipinski definition) is 2. The summed E-state index contributed by atoms with van der Waals surface area (Å²) in [5.74, 6) is 0.698. The maximum absolute atomic E-state index is 5.63. The Morgan fingerprint density at radius 2 is 2.50 bits per heavy atom. The Balaban J connectivity index is 2.52. The van der Waals surface area contributed by atoms with Crippen LogP contribution < -0.4 is 4.89 Å². The lowest BCUT2D eigenvalue weighted by molar-refractivity contribution is -0.194. The first-order chi connectivity index (χ1) is 4.86. The molecule has 2 rings (SSSR count). The monoisotopic (exact) mass is 155 g/mol. The molecule has 0 atom stereocenters. The highest BCUT2D eigenvalue weighted by Gasteiger charge is 2.12. The van der Waals surface area contributed by atoms with Crippen molar-refractivity contribution in [2.45, 2.75) is 6.61 Å². The summed E-state index contributed by atoms with van der Waals surface area (Å²) in [7, 11) is 0. The molecule has 1 aliphatic rings. The van der Waals surface area contributed by atoms with E-state index in [2.05, 4.69) is 6.07 Å². The van der Waals surface area contributed by atoms with E-state index in [4.69, 9.17) is 21.4 Å². The second-order valence-corrected chi connectivity index (χ2v) is 2.42. The van der Waals surface area contributed by atoms with E-state index < -0.39 is 0 Å². The van der Waals surface area contributed by atoms with E-state index in [1.165, 1.54) is 0 Å². The molecule has 1 aromatic rings. The van der Waals surface area contributed by atoms with Gasteiger partial charge in [-0.3, -0.25) is 0 Å². The van der Waals surface area contributed by atoms with E-state index in [9.17, 15) is 0 Å². The van der Waals surface area contributed by atoms with Crippen LogP contribution in [0.2, 0.25) is 5.02 Å². The number of hydrogen-bond donors (Lipinski definition) is 0. The molecule has 1 heterocycles. The normalized spacial score (nSPS) is 14.5. The molecule has 10 heavy (non-hydrogen) atoms. The van der Waals surface area contributed by atoms with E-state index in [0.717, 1.165) is 5.56 Å². The fraction of sp³-hybridized carbons (Fsp3) is 0.143. The van der Waals surface area contributed by atoms with Crippen LogP contribution in [0.25, 0.3) is 0 Å². The predicted octanol–water partition coefficient (Wildman–Crippen LogP) is 1.96. The van der Waals surface area contributed by atoms with Crippen LogP contribution in [0.5, 0.6) is 5.75 Å². The molecule has 0 aromatic heterocycles. The third-order valence-corrected chi connectivity index (χ3v) is 1.54. The lowest BCUT2D eigenvalue weighted by Gasteiger charge is -1.92. The van der Waals surface area contributed by atoms with Crippen LogP contribution in [-0.2, 0) is 11.5 Å². The Kier molecular flexibility index (Phi) is 1.29. The highest BCUT2D eigenvalue weighted by atomic mass is 35.5. The van der Waals surface area contributed by atoms with Crippen LogP contribution >= 0.6 is 11.6 Å². The van der Waals surface area contributed by atoms with Gasteiger partial charge in [0.15, 0.2) is 5.75 Å². The summed E-state index contributed by atoms with van der Waals surface area (Å²) >= 11 is 5.63. The van der Waals surface area contributed by atoms with Gasteiger partial charge in [-0.2, -0.15) is 4.89 Å². The minimum Gasteiger partial charge on any atom is -0.337 e. The summed E-state index contributed by atoms with van der Waals surface area (Å²) in [6.45, 7) is 0.489. The Bertz CT molecular complexity index is 260. The Morgan fingerprint density at radius 1 is 1.60 bits per heavy atom. The van der Waals surface area contributed by atoms with Crippen LogP contribution in [-0.4, -0.2) is 0 Å². The Morgan fingerprint density at radius 3 is 3.40 bits per heavy atom. The van der Waals surface area contributed by atoms with Crippen LogP contribution in [0.4, 0.5) is 0 Å². The largest absolute Gasteiger partial charge is 0.337 e. The summed E-state index contributed by atoms with van der Waals surface area (Å²) in [6.07, 6.45) is 0. The van der Waals surface area contributed by atoms with Gasteiger partial charge < -0.3 is 4.89 Å². The van der Waals surface area contributed by atoms with Crippen molar-refractivity contribution < 1.29 is 9.78 Å². The van der Waals surface area contributed by atoms with Crippen LogP contribution in [0.15, 0.2) is 12.1 Å². The van der Waals surface area contributed by atoms with Gasteiger partial charge >= 0.3 is 0 Å². The van der Waals surface area contributed by atoms with Gasteiger partial charge in [-0.25, -0.2) is 0 Å². The molecule has 1 aliphatic heterocycles. The van der Waals surface area contributed by atoms with Crippen molar-refractivity contribution in [1.82, 2.24) is 0 Å². The summed E-state index contributed by atoms with van der Waals surface area (Å²) < 4.78 is 0. The maximum Gasteiger partial charge on any atom is 0.172 e. The molecule has 0 fully saturated rings. The second kappa shape index (κ2) is 2.15. The van der Waals surface area contributed by atoms with Crippen molar-refractivity contribution >= 4 is 11.6 Å². The van der Waals surface area contributed by atoms with Crippen molar-refractivity contribution in [2.75, 3.05) is 0 Å². The molecule has 0 spiro atoms. The summed E-state index contributed by atoms with van der Waals surface area (Å²) in [6, 6.07) is 6.29. The molecule has 0 aliphatic carbocycles. The topological polar surface area (TPSA) is 18.5 Å². The van der Waals surface area contributed by atoms with Crippen molar-refractivity contribution in [2.24, 2.45) is 0 Å². The van der Waals surface area contributed by atoms with Crippen molar-refractivity contribution in [3.63, 3.8) is 0 Å². The quantitative estimate of drug-likeness (QED) is 0.534. The molecule has 0 unspecified atom stereocenters. The molecular weight excluding hydrogens is 152 g/mol. The molecule has 1 radical (unpaired) electrons. The molecule has 3 heteroatoms. The average molecular weight is 156 g/mol. The summed E-state index contributed by atoms with van der Waals surface area (Å²) in [4.78, 5) is 9.47. The molecule has 0 amide bonds. The molecule has 0 N–H and O–H groups in total. The van der Waals surface area contributed by atoms with E-state index >= 15 is 0 Å². The van der Waals surface area contributed by atoms with Crippen LogP contribution in [0.3, 0.4) is 0 Å². The summed E-state index contributed by atoms with van der Waals surface area (Å²) in [5, 5.41) is 0.546. The molecule has 51 valence electrons. The Labute approximate surface area is 63.3 Å². The van der Waals surface area contributed by atoms with E-state index in [1.807, 2.05) is 0 Å². The molecule has 1 aromatic carbocycles. The highest BCUT2D eigenvalue weighted by molar-refractivity contribution is 6.30. The standard InChI is InChI=1S/C7H4ClO2/c8-6-2-1-5-4-9-10-7(5)3-6/h1,3H,4H2. The first-order valence-electron chi connectivity index (χ1n) is 2.86. The smallest absolute Gasteiger partial charge is 0.172 e. The Hall–Kier alpha value is -0.730. The SMILES string of the molecule is Clc1[c]cc2c(c1)OOC2. The average Bonchev–Trinajstić information content (AvgIpc) is 2.33. The lowest BCUT2D eigenvalue weighted by Crippen LogP contribution is -1.81. The first-order valence-corrected chi connectivity index (χ1v) is 3.23. The molecule has 0 saturated carbocycles. The van der Waals surface area contributed by atoms with Gasteiger partial charge in [0.2, 0.25) is 0 Å². The predicted molar refractivity (Wildman–Crippen MR) is 35.7 cm³/mol. The van der Waals surface area contributed by atoms with Gasteiger partial charge in [-0.15, -0.1) is 0 Å².